The molecule has 1 aliphatic rings. The highest BCUT2D eigenvalue weighted by Gasteiger charge is 2.28. The number of hydrogen-bond acceptors (Lipinski definition) is 3. The first-order valence-corrected chi connectivity index (χ1v) is 7.86. The van der Waals surface area contributed by atoms with Crippen LogP contribution in [-0.4, -0.2) is 40.6 Å². The van der Waals surface area contributed by atoms with Crippen molar-refractivity contribution < 1.29 is 9.59 Å². The molecular formula is C16H21N5O2. The van der Waals surface area contributed by atoms with Crippen LogP contribution in [0.5, 0.6) is 0 Å². The number of carbonyl (C=O) groups is 2. The summed E-state index contributed by atoms with van der Waals surface area (Å²) < 4.78 is 2.04. The summed E-state index contributed by atoms with van der Waals surface area (Å²) in [5.74, 6) is 0.601. The van der Waals surface area contributed by atoms with Crippen LogP contribution < -0.4 is 15.5 Å². The van der Waals surface area contributed by atoms with Crippen molar-refractivity contribution in [3.8, 4) is 0 Å². The number of urea groups is 1. The smallest absolute Gasteiger partial charge is 0.324 e. The summed E-state index contributed by atoms with van der Waals surface area (Å²) in [6, 6.07) is 7.74. The number of fused-ring (bicyclic) bond motifs is 3. The third-order valence-electron chi connectivity index (χ3n) is 3.75. The number of aromatic nitrogens is 2. The number of hydrogen-bond donors (Lipinski definition) is 2. The van der Waals surface area contributed by atoms with Crippen molar-refractivity contribution in [3.63, 3.8) is 0 Å². The molecule has 7 nitrogen and oxygen atoms in total. The molecule has 3 amide bonds. The molecule has 0 spiro atoms. The molecule has 0 bridgehead atoms. The second kappa shape index (κ2) is 6.28. The van der Waals surface area contributed by atoms with Crippen LogP contribution in [0, 0.1) is 0 Å². The van der Waals surface area contributed by atoms with Crippen molar-refractivity contribution in [1.29, 1.82) is 0 Å². The van der Waals surface area contributed by atoms with E-state index in [0.717, 1.165) is 17.6 Å². The van der Waals surface area contributed by atoms with Crippen molar-refractivity contribution >= 4 is 28.9 Å². The summed E-state index contributed by atoms with van der Waals surface area (Å²) in [7, 11) is 0. The molecular weight excluding hydrogens is 294 g/mol. The van der Waals surface area contributed by atoms with Crippen molar-refractivity contribution in [2.75, 3.05) is 18.0 Å². The minimum atomic E-state index is -0.212. The van der Waals surface area contributed by atoms with Gasteiger partial charge in [-0.25, -0.2) is 9.78 Å². The first-order valence-electron chi connectivity index (χ1n) is 7.86. The van der Waals surface area contributed by atoms with Gasteiger partial charge in [-0.2, -0.15) is 0 Å². The minimum Gasteiger partial charge on any atom is -0.354 e. The quantitative estimate of drug-likeness (QED) is 0.897. The lowest BCUT2D eigenvalue weighted by Crippen LogP contribution is -2.41. The molecule has 2 heterocycles. The zero-order chi connectivity index (χ0) is 16.4. The third kappa shape index (κ3) is 3.13. The van der Waals surface area contributed by atoms with Crippen LogP contribution in [0.1, 0.15) is 20.3 Å². The Bertz CT molecular complexity index is 737. The molecule has 2 aromatic rings. The van der Waals surface area contributed by atoms with E-state index in [1.807, 2.05) is 42.7 Å². The molecule has 1 aromatic carbocycles. The predicted octanol–water partition coefficient (Wildman–Crippen LogP) is 1.48. The number of carbonyl (C=O) groups excluding carboxylic acids is 2. The molecule has 2 N–H and O–H groups in total. The van der Waals surface area contributed by atoms with Gasteiger partial charge in [0.1, 0.15) is 0 Å². The van der Waals surface area contributed by atoms with E-state index >= 15 is 0 Å². The van der Waals surface area contributed by atoms with Crippen molar-refractivity contribution in [1.82, 2.24) is 20.2 Å². The first-order chi connectivity index (χ1) is 11.1. The number of anilines is 1. The Kier molecular flexibility index (Phi) is 4.18. The Labute approximate surface area is 134 Å². The van der Waals surface area contributed by atoms with Gasteiger partial charge in [0.25, 0.3) is 0 Å². The number of imidazole rings is 1. The summed E-state index contributed by atoms with van der Waals surface area (Å²) >= 11 is 0. The molecule has 0 saturated carbocycles. The summed E-state index contributed by atoms with van der Waals surface area (Å²) in [5.41, 5.74) is 1.92. The maximum atomic E-state index is 12.3. The lowest BCUT2D eigenvalue weighted by molar-refractivity contribution is -0.121. The number of amides is 3. The molecule has 0 radical (unpaired) electrons. The molecule has 0 fully saturated rings. The van der Waals surface area contributed by atoms with Gasteiger partial charge in [-0.3, -0.25) is 9.69 Å². The zero-order valence-corrected chi connectivity index (χ0v) is 13.4. The summed E-state index contributed by atoms with van der Waals surface area (Å²) in [5, 5.41) is 5.59. The van der Waals surface area contributed by atoms with E-state index in [1.54, 1.807) is 4.90 Å². The lowest BCUT2D eigenvalue weighted by atomic mass is 10.3. The summed E-state index contributed by atoms with van der Waals surface area (Å²) in [4.78, 5) is 30.1. The van der Waals surface area contributed by atoms with Crippen LogP contribution in [0.15, 0.2) is 24.3 Å². The maximum Gasteiger partial charge on any atom is 0.324 e. The van der Waals surface area contributed by atoms with Crippen LogP contribution >= 0.6 is 0 Å². The predicted molar refractivity (Wildman–Crippen MR) is 88.4 cm³/mol. The van der Waals surface area contributed by atoms with Gasteiger partial charge in [-0.15, -0.1) is 0 Å². The van der Waals surface area contributed by atoms with E-state index in [4.69, 9.17) is 0 Å². The molecule has 3 rings (SSSR count). The van der Waals surface area contributed by atoms with Crippen molar-refractivity contribution in [3.05, 3.63) is 24.3 Å². The molecule has 7 heteroatoms. The lowest BCUT2D eigenvalue weighted by Gasteiger charge is -2.15. The Hall–Kier alpha value is -2.57. The SMILES string of the molecule is CC(C)NC(=O)CCNC(=O)N1CCn2c1nc1ccccc12. The zero-order valence-electron chi connectivity index (χ0n) is 13.4. The van der Waals surface area contributed by atoms with E-state index in [0.29, 0.717) is 19.0 Å². The largest absolute Gasteiger partial charge is 0.354 e. The fourth-order valence-corrected chi connectivity index (χ4v) is 2.75. The fraction of sp³-hybridized carbons (Fsp3) is 0.438. The average Bonchev–Trinajstić information content (AvgIpc) is 3.04. The maximum absolute atomic E-state index is 12.3. The topological polar surface area (TPSA) is 79.3 Å². The monoisotopic (exact) mass is 315 g/mol. The van der Waals surface area contributed by atoms with Gasteiger partial charge in [0, 0.05) is 32.1 Å². The second-order valence-electron chi connectivity index (χ2n) is 5.91. The molecule has 23 heavy (non-hydrogen) atoms. The van der Waals surface area contributed by atoms with E-state index in [9.17, 15) is 9.59 Å². The van der Waals surface area contributed by atoms with Crippen molar-refractivity contribution in [2.24, 2.45) is 0 Å². The van der Waals surface area contributed by atoms with Gasteiger partial charge in [-0.05, 0) is 26.0 Å². The van der Waals surface area contributed by atoms with E-state index in [1.165, 1.54) is 0 Å². The molecule has 122 valence electrons. The third-order valence-corrected chi connectivity index (χ3v) is 3.75. The van der Waals surface area contributed by atoms with Gasteiger partial charge in [-0.1, -0.05) is 12.1 Å². The Balaban J connectivity index is 1.61. The Morgan fingerprint density at radius 3 is 2.83 bits per heavy atom. The van der Waals surface area contributed by atoms with E-state index in [-0.39, 0.29) is 24.4 Å². The van der Waals surface area contributed by atoms with Crippen LogP contribution in [0.2, 0.25) is 0 Å². The molecule has 0 atom stereocenters. The Morgan fingerprint density at radius 2 is 2.04 bits per heavy atom. The first kappa shape index (κ1) is 15.3. The number of rotatable bonds is 4. The number of benzene rings is 1. The van der Waals surface area contributed by atoms with Crippen LogP contribution in [0.25, 0.3) is 11.0 Å². The van der Waals surface area contributed by atoms with Gasteiger partial charge in [0.05, 0.1) is 11.0 Å². The minimum absolute atomic E-state index is 0.0611. The highest BCUT2D eigenvalue weighted by Crippen LogP contribution is 2.26. The Morgan fingerprint density at radius 1 is 1.26 bits per heavy atom. The van der Waals surface area contributed by atoms with Crippen LogP contribution in [0.4, 0.5) is 10.7 Å². The van der Waals surface area contributed by atoms with Gasteiger partial charge in [0.15, 0.2) is 0 Å². The van der Waals surface area contributed by atoms with Gasteiger partial charge >= 0.3 is 6.03 Å². The van der Waals surface area contributed by atoms with Crippen LogP contribution in [-0.2, 0) is 11.3 Å². The fourth-order valence-electron chi connectivity index (χ4n) is 2.75. The summed E-state index contributed by atoms with van der Waals surface area (Å²) in [6.07, 6.45) is 0.272. The highest BCUT2D eigenvalue weighted by molar-refractivity contribution is 5.94. The van der Waals surface area contributed by atoms with E-state index < -0.39 is 0 Å². The normalized spacial score (nSPS) is 13.4. The van der Waals surface area contributed by atoms with Gasteiger partial charge < -0.3 is 15.2 Å². The number of para-hydroxylation sites is 2. The molecule has 0 saturated heterocycles. The standard InChI is InChI=1S/C16H21N5O2/c1-11(2)18-14(22)7-8-17-16(23)21-10-9-20-13-6-4-3-5-12(13)19-15(20)21/h3-6,11H,7-10H2,1-2H3,(H,17,23)(H,18,22). The average molecular weight is 315 g/mol. The van der Waals surface area contributed by atoms with Crippen LogP contribution in [0.3, 0.4) is 0 Å². The molecule has 1 aliphatic heterocycles. The highest BCUT2D eigenvalue weighted by atomic mass is 16.2. The number of nitrogens with zero attached hydrogens (tertiary/aromatic N) is 3. The molecule has 0 unspecified atom stereocenters. The molecule has 0 aliphatic carbocycles. The van der Waals surface area contributed by atoms with Crippen molar-refractivity contribution in [2.45, 2.75) is 32.9 Å². The van der Waals surface area contributed by atoms with Gasteiger partial charge in [0.2, 0.25) is 11.9 Å². The second-order valence-corrected chi connectivity index (χ2v) is 5.91. The van der Waals surface area contributed by atoms with E-state index in [2.05, 4.69) is 15.6 Å². The number of nitrogens with one attached hydrogen (secondary N) is 2. The summed E-state index contributed by atoms with van der Waals surface area (Å²) in [6.45, 7) is 5.46. The molecule has 1 aromatic heterocycles.